The molecule has 0 heterocycles. The fraction of sp³-hybridized carbons (Fsp3) is 0.689. The lowest BCUT2D eigenvalue weighted by Crippen LogP contribution is -2.35. The van der Waals surface area contributed by atoms with Gasteiger partial charge in [0.15, 0.2) is 0 Å². The number of hydrogen-bond donors (Lipinski definition) is 2. The molecule has 3 aliphatic carbocycles. The highest BCUT2D eigenvalue weighted by Crippen LogP contribution is 2.48. The number of unbranched alkanes of at least 4 members (excludes halogenated alkanes) is 2. The molecule has 0 aliphatic heterocycles. The molecule has 294 valence electrons. The third-order valence-corrected chi connectivity index (χ3v) is 11.9. The van der Waals surface area contributed by atoms with Gasteiger partial charge in [0.25, 0.3) is 0 Å². The lowest BCUT2D eigenvalue weighted by Gasteiger charge is -2.33. The maximum absolute atomic E-state index is 14.0. The molecule has 0 aromatic heterocycles. The van der Waals surface area contributed by atoms with Gasteiger partial charge in [0.1, 0.15) is 11.5 Å². The number of esters is 2. The molecule has 0 radical (unpaired) electrons. The van der Waals surface area contributed by atoms with Crippen molar-refractivity contribution in [1.29, 1.82) is 0 Å². The summed E-state index contributed by atoms with van der Waals surface area (Å²) in [7, 11) is 0. The summed E-state index contributed by atoms with van der Waals surface area (Å²) >= 11 is 0. The molecule has 2 saturated carbocycles. The summed E-state index contributed by atoms with van der Waals surface area (Å²) in [6.07, 6.45) is 14.4. The highest BCUT2D eigenvalue weighted by molar-refractivity contribution is 5.79. The summed E-state index contributed by atoms with van der Waals surface area (Å²) in [5, 5.41) is 6.12. The third-order valence-electron chi connectivity index (χ3n) is 11.9. The number of hydrogen-bond acceptors (Lipinski definition) is 6. The molecule has 0 unspecified atom stereocenters. The Morgan fingerprint density at radius 1 is 0.755 bits per heavy atom. The summed E-state index contributed by atoms with van der Waals surface area (Å²) in [6.45, 7) is 19.6. The van der Waals surface area contributed by atoms with Crippen molar-refractivity contribution in [2.45, 2.75) is 144 Å². The summed E-state index contributed by atoms with van der Waals surface area (Å²) in [5.41, 5.74) is 4.10. The summed E-state index contributed by atoms with van der Waals surface area (Å²) in [4.78, 5) is 52.3. The van der Waals surface area contributed by atoms with Crippen LogP contribution in [0.15, 0.2) is 35.9 Å². The molecule has 2 amide bonds. The van der Waals surface area contributed by atoms with Crippen LogP contribution in [0.25, 0.3) is 0 Å². The Kier molecular flexibility index (Phi) is 16.2. The number of rotatable bonds is 16. The monoisotopic (exact) mass is 733 g/mol. The summed E-state index contributed by atoms with van der Waals surface area (Å²) < 4.78 is 12.9. The Balaban J connectivity index is 1.60. The number of aryl methyl sites for hydroxylation is 1. The first-order chi connectivity index (χ1) is 25.3. The van der Waals surface area contributed by atoms with Crippen LogP contribution in [0.5, 0.6) is 11.5 Å². The normalized spacial score (nSPS) is 24.7. The van der Waals surface area contributed by atoms with E-state index in [1.165, 1.54) is 5.57 Å². The van der Waals surface area contributed by atoms with Crippen LogP contribution < -0.4 is 20.1 Å². The lowest BCUT2D eigenvalue weighted by atomic mass is 9.73. The van der Waals surface area contributed by atoms with Gasteiger partial charge in [0.2, 0.25) is 11.8 Å². The topological polar surface area (TPSA) is 111 Å². The smallest absolute Gasteiger partial charge is 0.314 e. The van der Waals surface area contributed by atoms with E-state index in [9.17, 15) is 19.2 Å². The first-order valence-electron chi connectivity index (χ1n) is 20.8. The average molecular weight is 733 g/mol. The number of carbonyl (C=O) groups excluding carboxylic acids is 4. The van der Waals surface area contributed by atoms with E-state index in [2.05, 4.69) is 44.1 Å². The molecular weight excluding hydrogens is 665 g/mol. The van der Waals surface area contributed by atoms with Crippen molar-refractivity contribution in [2.75, 3.05) is 13.1 Å². The number of benzene rings is 1. The highest BCUT2D eigenvalue weighted by atomic mass is 16.5. The third kappa shape index (κ3) is 12.3. The van der Waals surface area contributed by atoms with Crippen LogP contribution in [0.4, 0.5) is 0 Å². The molecule has 3 aliphatic rings. The molecule has 2 fully saturated rings. The van der Waals surface area contributed by atoms with Crippen molar-refractivity contribution >= 4 is 23.8 Å². The molecule has 8 heteroatoms. The van der Waals surface area contributed by atoms with Crippen molar-refractivity contribution in [3.63, 3.8) is 0 Å². The van der Waals surface area contributed by atoms with Gasteiger partial charge in [-0.2, -0.15) is 0 Å². The zero-order chi connectivity index (χ0) is 38.7. The molecule has 1 aromatic rings. The summed E-state index contributed by atoms with van der Waals surface area (Å²) in [5.74, 6) is 0.811. The van der Waals surface area contributed by atoms with Crippen molar-refractivity contribution < 1.29 is 28.7 Å². The van der Waals surface area contributed by atoms with Crippen LogP contribution >= 0.6 is 0 Å². The van der Waals surface area contributed by atoms with Crippen LogP contribution in [-0.4, -0.2) is 36.8 Å². The van der Waals surface area contributed by atoms with Gasteiger partial charge in [-0.25, -0.2) is 0 Å². The zero-order valence-electron chi connectivity index (χ0n) is 33.8. The molecule has 0 spiro atoms. The maximum atomic E-state index is 14.0. The number of carbonyl (C=O) groups is 4. The Bertz CT molecular complexity index is 1380. The molecule has 4 rings (SSSR count). The first-order valence-corrected chi connectivity index (χ1v) is 20.8. The largest absolute Gasteiger partial charge is 0.426 e. The Labute approximate surface area is 319 Å². The fourth-order valence-corrected chi connectivity index (χ4v) is 8.27. The van der Waals surface area contributed by atoms with Crippen LogP contribution in [0.1, 0.15) is 149 Å². The minimum Gasteiger partial charge on any atom is -0.426 e. The van der Waals surface area contributed by atoms with Crippen LogP contribution in [0, 0.1) is 41.4 Å². The van der Waals surface area contributed by atoms with E-state index >= 15 is 0 Å². The second-order valence-corrected chi connectivity index (χ2v) is 17.1. The summed E-state index contributed by atoms with van der Waals surface area (Å²) in [6, 6.07) is 4.05. The fourth-order valence-electron chi connectivity index (χ4n) is 8.27. The number of nitrogens with one attached hydrogen (secondary N) is 2. The predicted molar refractivity (Wildman–Crippen MR) is 212 cm³/mol. The number of ether oxygens (including phenoxy) is 2. The maximum Gasteiger partial charge on any atom is 0.314 e. The van der Waals surface area contributed by atoms with E-state index in [0.29, 0.717) is 36.4 Å². The Morgan fingerprint density at radius 3 is 1.64 bits per heavy atom. The zero-order valence-corrected chi connectivity index (χ0v) is 33.8. The minimum absolute atomic E-state index is 0.0465. The minimum atomic E-state index is -0.231. The SMILES string of the molecule is C=C(C)[C@H]1CCC(C)=C[C@H]1c1c(OC(=O)C2CCC(CNC(=O)C(C)C)CC2)cc(CCCCC)cc1OC(=O)C1CCC(CNC(=O)C(C)C)CC1. The van der Waals surface area contributed by atoms with Crippen LogP contribution in [-0.2, 0) is 25.6 Å². The van der Waals surface area contributed by atoms with E-state index < -0.39 is 0 Å². The molecule has 0 saturated heterocycles. The average Bonchev–Trinajstić information content (AvgIpc) is 3.13. The van der Waals surface area contributed by atoms with Crippen molar-refractivity contribution in [3.05, 3.63) is 47.1 Å². The second kappa shape index (κ2) is 20.3. The standard InChI is InChI=1S/C45H68N2O6/c1-9-10-11-12-34-24-39(52-44(50)35-18-14-32(15-19-35)26-46-42(48)29(4)5)41(38-23-31(8)13-22-37(38)28(2)3)40(25-34)53-45(51)36-20-16-33(17-21-36)27-47-43(49)30(6)7/h23-25,29-30,32-33,35-38H,2,9-22,26-27H2,1,3-8H3,(H,46,48)(H,47,49)/t32?,33?,35?,36?,37-,38-/m1/s1. The van der Waals surface area contributed by atoms with Gasteiger partial charge in [-0.15, -0.1) is 0 Å². The van der Waals surface area contributed by atoms with Gasteiger partial charge in [0, 0.05) is 36.4 Å². The van der Waals surface area contributed by atoms with E-state index in [1.54, 1.807) is 0 Å². The molecule has 53 heavy (non-hydrogen) atoms. The van der Waals surface area contributed by atoms with E-state index in [0.717, 1.165) is 107 Å². The number of amides is 2. The van der Waals surface area contributed by atoms with E-state index in [1.807, 2.05) is 39.8 Å². The van der Waals surface area contributed by atoms with Crippen LogP contribution in [0.2, 0.25) is 0 Å². The first kappa shape index (κ1) is 42.3. The van der Waals surface area contributed by atoms with E-state index in [4.69, 9.17) is 9.47 Å². The Morgan fingerprint density at radius 2 is 1.23 bits per heavy atom. The van der Waals surface area contributed by atoms with E-state index in [-0.39, 0.29) is 59.3 Å². The quantitative estimate of drug-likeness (QED) is 0.0759. The molecule has 0 bridgehead atoms. The molecule has 2 N–H and O–H groups in total. The van der Waals surface area contributed by atoms with Gasteiger partial charge in [-0.3, -0.25) is 19.2 Å². The van der Waals surface area contributed by atoms with Gasteiger partial charge in [-0.1, -0.05) is 71.3 Å². The second-order valence-electron chi connectivity index (χ2n) is 17.1. The highest BCUT2D eigenvalue weighted by Gasteiger charge is 2.36. The number of allylic oxidation sites excluding steroid dienone is 3. The van der Waals surface area contributed by atoms with Crippen molar-refractivity contribution in [1.82, 2.24) is 10.6 Å². The van der Waals surface area contributed by atoms with Crippen LogP contribution in [0.3, 0.4) is 0 Å². The van der Waals surface area contributed by atoms with Crippen molar-refractivity contribution in [2.24, 2.45) is 41.4 Å². The molecule has 8 nitrogen and oxygen atoms in total. The van der Waals surface area contributed by atoms with Gasteiger partial charge < -0.3 is 20.1 Å². The van der Waals surface area contributed by atoms with Gasteiger partial charge >= 0.3 is 11.9 Å². The van der Waals surface area contributed by atoms with Crippen molar-refractivity contribution in [3.8, 4) is 11.5 Å². The predicted octanol–water partition coefficient (Wildman–Crippen LogP) is 9.40. The molecular formula is C45H68N2O6. The van der Waals surface area contributed by atoms with Gasteiger partial charge in [-0.05, 0) is 126 Å². The lowest BCUT2D eigenvalue weighted by molar-refractivity contribution is -0.140. The molecule has 2 atom stereocenters. The molecule has 1 aromatic carbocycles. The van der Waals surface area contributed by atoms with Gasteiger partial charge in [0.05, 0.1) is 11.8 Å². The Hall–Kier alpha value is -3.42.